The molecule has 2 rings (SSSR count). The van der Waals surface area contributed by atoms with Crippen molar-refractivity contribution in [1.82, 2.24) is 15.5 Å². The van der Waals surface area contributed by atoms with Gasteiger partial charge in [-0.2, -0.15) is 4.98 Å². The summed E-state index contributed by atoms with van der Waals surface area (Å²) >= 11 is 1.51. The van der Waals surface area contributed by atoms with Crippen LogP contribution in [0.3, 0.4) is 0 Å². The lowest BCUT2D eigenvalue weighted by atomic mass is 10.3. The van der Waals surface area contributed by atoms with Gasteiger partial charge in [0, 0.05) is 29.8 Å². The van der Waals surface area contributed by atoms with E-state index in [2.05, 4.69) is 15.5 Å². The zero-order chi connectivity index (χ0) is 12.1. The van der Waals surface area contributed by atoms with E-state index < -0.39 is 5.91 Å². The van der Waals surface area contributed by atoms with Crippen LogP contribution in [0.5, 0.6) is 0 Å². The van der Waals surface area contributed by atoms with E-state index in [1.165, 1.54) is 17.7 Å². The van der Waals surface area contributed by atoms with Gasteiger partial charge in [-0.3, -0.25) is 4.79 Å². The highest BCUT2D eigenvalue weighted by molar-refractivity contribution is 7.10. The number of amides is 1. The summed E-state index contributed by atoms with van der Waals surface area (Å²) in [6.45, 7) is 1.44. The van der Waals surface area contributed by atoms with Gasteiger partial charge in [0.2, 0.25) is 11.8 Å². The van der Waals surface area contributed by atoms with E-state index in [-0.39, 0.29) is 0 Å². The summed E-state index contributed by atoms with van der Waals surface area (Å²) in [7, 11) is 0. The Labute approximate surface area is 102 Å². The van der Waals surface area contributed by atoms with E-state index in [1.54, 1.807) is 11.4 Å². The van der Waals surface area contributed by atoms with E-state index in [9.17, 15) is 4.79 Å². The van der Waals surface area contributed by atoms with Gasteiger partial charge in [0.25, 0.3) is 0 Å². The molecule has 0 saturated heterocycles. The topological polar surface area (TPSA) is 94.0 Å². The van der Waals surface area contributed by atoms with Gasteiger partial charge in [-0.25, -0.2) is 0 Å². The molecule has 0 radical (unpaired) electrons. The van der Waals surface area contributed by atoms with Crippen molar-refractivity contribution in [3.63, 3.8) is 0 Å². The van der Waals surface area contributed by atoms with Crippen LogP contribution < -0.4 is 11.1 Å². The van der Waals surface area contributed by atoms with Crippen LogP contribution >= 0.6 is 11.3 Å². The molecule has 7 heteroatoms. The number of aromatic nitrogens is 2. The number of hydrogen-bond acceptors (Lipinski definition) is 6. The second-order valence-electron chi connectivity index (χ2n) is 3.43. The first-order valence-corrected chi connectivity index (χ1v) is 5.97. The quantitative estimate of drug-likeness (QED) is 0.733. The van der Waals surface area contributed by atoms with Crippen LogP contribution in [0.25, 0.3) is 0 Å². The van der Waals surface area contributed by atoms with Gasteiger partial charge in [-0.1, -0.05) is 5.16 Å². The molecule has 0 aromatic carbocycles. The Bertz CT molecular complexity index is 480. The highest BCUT2D eigenvalue weighted by Crippen LogP contribution is 2.13. The number of nitrogens with two attached hydrogens (primary N) is 1. The molecule has 2 heterocycles. The molecule has 3 N–H and O–H groups in total. The highest BCUT2D eigenvalue weighted by atomic mass is 32.1. The second kappa shape index (κ2) is 5.55. The van der Waals surface area contributed by atoms with Gasteiger partial charge in [-0.05, 0) is 6.07 Å². The normalized spacial score (nSPS) is 10.6. The molecule has 1 amide bonds. The van der Waals surface area contributed by atoms with E-state index in [1.807, 2.05) is 0 Å². The van der Waals surface area contributed by atoms with Crippen LogP contribution in [0.15, 0.2) is 22.3 Å². The third kappa shape index (κ3) is 3.36. The minimum atomic E-state index is -0.390. The van der Waals surface area contributed by atoms with E-state index in [4.69, 9.17) is 10.3 Å². The van der Waals surface area contributed by atoms with Gasteiger partial charge in [0.15, 0.2) is 6.33 Å². The lowest BCUT2D eigenvalue weighted by Gasteiger charge is -1.99. The Morgan fingerprint density at radius 3 is 3.12 bits per heavy atom. The van der Waals surface area contributed by atoms with Gasteiger partial charge in [-0.15, -0.1) is 11.3 Å². The number of primary amides is 1. The molecule has 0 saturated carbocycles. The first-order valence-electron chi connectivity index (χ1n) is 5.09. The van der Waals surface area contributed by atoms with Crippen molar-refractivity contribution in [2.45, 2.75) is 13.0 Å². The molecule has 0 aliphatic heterocycles. The Balaban J connectivity index is 1.72. The van der Waals surface area contributed by atoms with Gasteiger partial charge in [0.1, 0.15) is 0 Å². The summed E-state index contributed by atoms with van der Waals surface area (Å²) in [4.78, 5) is 15.9. The lowest BCUT2D eigenvalue weighted by Crippen LogP contribution is -2.16. The average molecular weight is 252 g/mol. The Hall–Kier alpha value is -1.73. The monoisotopic (exact) mass is 252 g/mol. The second-order valence-corrected chi connectivity index (χ2v) is 4.42. The van der Waals surface area contributed by atoms with Crippen LogP contribution in [0.1, 0.15) is 21.1 Å². The number of nitrogens with one attached hydrogen (secondary N) is 1. The SMILES string of the molecule is NC(=O)c1csc(CNCCc2ncno2)c1. The summed E-state index contributed by atoms with van der Waals surface area (Å²) < 4.78 is 4.86. The maximum Gasteiger partial charge on any atom is 0.249 e. The zero-order valence-electron chi connectivity index (χ0n) is 9.05. The standard InChI is InChI=1S/C10H12N4O2S/c11-10(15)7-3-8(17-5-7)4-12-2-1-9-13-6-14-16-9/h3,5-6,12H,1-2,4H2,(H2,11,15). The Morgan fingerprint density at radius 1 is 1.59 bits per heavy atom. The molecule has 6 nitrogen and oxygen atoms in total. The van der Waals surface area contributed by atoms with Gasteiger partial charge in [0.05, 0.1) is 5.56 Å². The maximum atomic E-state index is 10.9. The zero-order valence-corrected chi connectivity index (χ0v) is 9.87. The molecule has 90 valence electrons. The predicted octanol–water partition coefficient (Wildman–Crippen LogP) is 0.562. The minimum Gasteiger partial charge on any atom is -0.366 e. The van der Waals surface area contributed by atoms with Crippen molar-refractivity contribution in [3.05, 3.63) is 34.1 Å². The Kier molecular flexibility index (Phi) is 3.84. The van der Waals surface area contributed by atoms with Crippen LogP contribution in [0.4, 0.5) is 0 Å². The number of nitrogens with zero attached hydrogens (tertiary/aromatic N) is 2. The summed E-state index contributed by atoms with van der Waals surface area (Å²) in [6, 6.07) is 1.80. The number of rotatable bonds is 6. The molecule has 0 aliphatic carbocycles. The predicted molar refractivity (Wildman–Crippen MR) is 62.5 cm³/mol. The number of hydrogen-bond donors (Lipinski definition) is 2. The minimum absolute atomic E-state index is 0.390. The lowest BCUT2D eigenvalue weighted by molar-refractivity contribution is 0.100. The molecule has 0 spiro atoms. The van der Waals surface area contributed by atoms with E-state index in [0.29, 0.717) is 24.4 Å². The van der Waals surface area contributed by atoms with Crippen molar-refractivity contribution in [2.75, 3.05) is 6.54 Å². The molecule has 0 bridgehead atoms. The van der Waals surface area contributed by atoms with Crippen molar-refractivity contribution in [2.24, 2.45) is 5.73 Å². The van der Waals surface area contributed by atoms with Crippen LogP contribution in [0, 0.1) is 0 Å². The molecular weight excluding hydrogens is 240 g/mol. The summed E-state index contributed by atoms with van der Waals surface area (Å²) in [5.74, 6) is 0.222. The fourth-order valence-corrected chi connectivity index (χ4v) is 2.16. The van der Waals surface area contributed by atoms with Crippen LogP contribution in [-0.4, -0.2) is 22.6 Å². The van der Waals surface area contributed by atoms with Crippen LogP contribution in [0.2, 0.25) is 0 Å². The maximum absolute atomic E-state index is 10.9. The molecule has 0 aliphatic rings. The fraction of sp³-hybridized carbons (Fsp3) is 0.300. The summed E-state index contributed by atoms with van der Waals surface area (Å²) in [5.41, 5.74) is 5.72. The smallest absolute Gasteiger partial charge is 0.249 e. The molecule has 2 aromatic heterocycles. The number of thiophene rings is 1. The van der Waals surface area contributed by atoms with Crippen molar-refractivity contribution in [1.29, 1.82) is 0 Å². The summed E-state index contributed by atoms with van der Waals surface area (Å²) in [5, 5.41) is 8.50. The van der Waals surface area contributed by atoms with E-state index in [0.717, 1.165) is 11.4 Å². The average Bonchev–Trinajstić information content (AvgIpc) is 2.96. The van der Waals surface area contributed by atoms with Crippen LogP contribution in [-0.2, 0) is 13.0 Å². The first-order chi connectivity index (χ1) is 8.25. The molecule has 0 unspecified atom stereocenters. The van der Waals surface area contributed by atoms with Gasteiger partial charge >= 0.3 is 0 Å². The molecular formula is C10H12N4O2S. The third-order valence-corrected chi connectivity index (χ3v) is 3.10. The number of carbonyl (C=O) groups is 1. The molecule has 0 atom stereocenters. The number of carbonyl (C=O) groups excluding carboxylic acids is 1. The Morgan fingerprint density at radius 2 is 2.47 bits per heavy atom. The molecule has 0 fully saturated rings. The van der Waals surface area contributed by atoms with Crippen molar-refractivity contribution < 1.29 is 9.32 Å². The van der Waals surface area contributed by atoms with Crippen molar-refractivity contribution in [3.8, 4) is 0 Å². The van der Waals surface area contributed by atoms with E-state index >= 15 is 0 Å². The first kappa shape index (κ1) is 11.7. The molecule has 2 aromatic rings. The largest absolute Gasteiger partial charge is 0.366 e. The third-order valence-electron chi connectivity index (χ3n) is 2.16. The fourth-order valence-electron chi connectivity index (χ4n) is 1.32. The highest BCUT2D eigenvalue weighted by Gasteiger charge is 2.04. The van der Waals surface area contributed by atoms with Gasteiger partial charge < -0.3 is 15.6 Å². The summed E-state index contributed by atoms with van der Waals surface area (Å²) in [6.07, 6.45) is 2.07. The molecule has 17 heavy (non-hydrogen) atoms. The van der Waals surface area contributed by atoms with Crippen molar-refractivity contribution >= 4 is 17.2 Å².